The second-order valence-corrected chi connectivity index (χ2v) is 9.25. The molecular formula is C29H31ClN6O2. The number of para-hydroxylation sites is 1. The Labute approximate surface area is 228 Å². The zero-order valence-electron chi connectivity index (χ0n) is 21.9. The van der Waals surface area contributed by atoms with Gasteiger partial charge in [0.1, 0.15) is 5.75 Å². The van der Waals surface area contributed by atoms with Gasteiger partial charge in [-0.3, -0.25) is 9.69 Å². The van der Waals surface area contributed by atoms with Crippen LogP contribution in [0.1, 0.15) is 5.56 Å². The minimum Gasteiger partial charge on any atom is -0.495 e. The minimum absolute atomic E-state index is 0. The fourth-order valence-corrected chi connectivity index (χ4v) is 4.69. The number of anilines is 3. The molecule has 1 amide bonds. The van der Waals surface area contributed by atoms with Crippen molar-refractivity contribution in [1.29, 1.82) is 0 Å². The van der Waals surface area contributed by atoms with Crippen molar-refractivity contribution in [2.24, 2.45) is 7.05 Å². The Morgan fingerprint density at radius 2 is 2.03 bits per heavy atom. The Bertz CT molecular complexity index is 1540. The van der Waals surface area contributed by atoms with E-state index in [-0.39, 0.29) is 18.3 Å². The maximum Gasteiger partial charge on any atom is 0.254 e. The molecule has 0 bridgehead atoms. The number of hydrogen-bond donors (Lipinski definition) is 1. The summed E-state index contributed by atoms with van der Waals surface area (Å²) in [5, 5.41) is 4.44. The monoisotopic (exact) mass is 530 g/mol. The zero-order valence-corrected chi connectivity index (χ0v) is 22.7. The Hall–Kier alpha value is -4.14. The average Bonchev–Trinajstić information content (AvgIpc) is 3.43. The number of aromatic nitrogens is 3. The average molecular weight is 531 g/mol. The van der Waals surface area contributed by atoms with Crippen LogP contribution < -0.4 is 15.0 Å². The molecule has 0 radical (unpaired) electrons. The molecule has 5 rings (SSSR count). The van der Waals surface area contributed by atoms with E-state index in [0.29, 0.717) is 23.8 Å². The van der Waals surface area contributed by atoms with Crippen LogP contribution >= 0.6 is 12.4 Å². The highest BCUT2D eigenvalue weighted by Crippen LogP contribution is 2.42. The van der Waals surface area contributed by atoms with Gasteiger partial charge in [-0.2, -0.15) is 0 Å². The number of amides is 1. The molecule has 0 saturated carbocycles. The third-order valence-corrected chi connectivity index (χ3v) is 6.46. The van der Waals surface area contributed by atoms with Crippen LogP contribution in [-0.4, -0.2) is 53.1 Å². The molecule has 4 aromatic rings. The quantitative estimate of drug-likeness (QED) is 0.325. The van der Waals surface area contributed by atoms with Gasteiger partial charge in [0.2, 0.25) is 5.95 Å². The molecule has 0 saturated heterocycles. The first-order valence-electron chi connectivity index (χ1n) is 12.0. The van der Waals surface area contributed by atoms with Crippen molar-refractivity contribution in [2.45, 2.75) is 6.42 Å². The molecule has 8 nitrogen and oxygen atoms in total. The second-order valence-electron chi connectivity index (χ2n) is 9.25. The van der Waals surface area contributed by atoms with E-state index in [9.17, 15) is 4.79 Å². The van der Waals surface area contributed by atoms with Gasteiger partial charge in [-0.15, -0.1) is 12.4 Å². The van der Waals surface area contributed by atoms with E-state index in [1.807, 2.05) is 51.5 Å². The second kappa shape index (κ2) is 11.1. The number of benzene rings is 2. The number of ether oxygens (including phenoxy) is 1. The van der Waals surface area contributed by atoms with Crippen molar-refractivity contribution in [3.05, 3.63) is 84.8 Å². The maximum absolute atomic E-state index is 12.8. The van der Waals surface area contributed by atoms with Crippen molar-refractivity contribution in [1.82, 2.24) is 19.4 Å². The van der Waals surface area contributed by atoms with Crippen LogP contribution in [0.25, 0.3) is 22.2 Å². The highest BCUT2D eigenvalue weighted by molar-refractivity contribution is 6.06. The van der Waals surface area contributed by atoms with E-state index in [2.05, 4.69) is 50.8 Å². The fraction of sp³-hybridized carbons (Fsp3) is 0.207. The van der Waals surface area contributed by atoms with Gasteiger partial charge in [0.05, 0.1) is 24.2 Å². The zero-order chi connectivity index (χ0) is 26.1. The van der Waals surface area contributed by atoms with E-state index in [4.69, 9.17) is 9.72 Å². The molecule has 0 aliphatic carbocycles. The number of nitrogens with one attached hydrogen (secondary N) is 1. The number of carbonyl (C=O) groups is 1. The number of hydrogen-bond acceptors (Lipinski definition) is 6. The summed E-state index contributed by atoms with van der Waals surface area (Å²) in [6, 6.07) is 14.0. The lowest BCUT2D eigenvalue weighted by Gasteiger charge is -2.20. The van der Waals surface area contributed by atoms with Crippen LogP contribution in [0.2, 0.25) is 0 Å². The van der Waals surface area contributed by atoms with Gasteiger partial charge < -0.3 is 19.5 Å². The van der Waals surface area contributed by atoms with E-state index in [1.54, 1.807) is 18.2 Å². The number of likely N-dealkylation sites (N-methyl/N-ethyl adjacent to an activating group) is 1. The number of halogens is 1. The molecule has 0 unspecified atom stereocenters. The van der Waals surface area contributed by atoms with Crippen LogP contribution in [0, 0.1) is 0 Å². The van der Waals surface area contributed by atoms with Gasteiger partial charge in [0.25, 0.3) is 5.91 Å². The van der Waals surface area contributed by atoms with Gasteiger partial charge in [-0.25, -0.2) is 9.97 Å². The highest BCUT2D eigenvalue weighted by Gasteiger charge is 2.29. The summed E-state index contributed by atoms with van der Waals surface area (Å²) in [4.78, 5) is 25.9. The molecule has 0 fully saturated rings. The first kappa shape index (κ1) is 26.9. The van der Waals surface area contributed by atoms with Gasteiger partial charge in [0, 0.05) is 54.6 Å². The molecule has 1 N–H and O–H groups in total. The summed E-state index contributed by atoms with van der Waals surface area (Å²) in [5.41, 5.74) is 6.37. The summed E-state index contributed by atoms with van der Waals surface area (Å²) in [7, 11) is 7.65. The third kappa shape index (κ3) is 5.01. The fourth-order valence-electron chi connectivity index (χ4n) is 4.69. The summed E-state index contributed by atoms with van der Waals surface area (Å²) in [6.07, 6.45) is 7.85. The first-order valence-corrected chi connectivity index (χ1v) is 12.0. The molecule has 0 atom stereocenters. The van der Waals surface area contributed by atoms with Gasteiger partial charge in [-0.1, -0.05) is 30.9 Å². The molecule has 2 aromatic carbocycles. The van der Waals surface area contributed by atoms with Crippen molar-refractivity contribution < 1.29 is 9.53 Å². The summed E-state index contributed by atoms with van der Waals surface area (Å²) >= 11 is 0. The van der Waals surface area contributed by atoms with E-state index >= 15 is 0 Å². The smallest absolute Gasteiger partial charge is 0.254 e. The van der Waals surface area contributed by atoms with Gasteiger partial charge >= 0.3 is 0 Å². The number of aryl methyl sites for hydroxylation is 1. The lowest BCUT2D eigenvalue weighted by Crippen LogP contribution is -2.26. The summed E-state index contributed by atoms with van der Waals surface area (Å²) in [6.45, 7) is 4.43. The van der Waals surface area contributed by atoms with Gasteiger partial charge in [-0.05, 0) is 50.0 Å². The normalized spacial score (nSPS) is 13.5. The third-order valence-electron chi connectivity index (χ3n) is 6.46. The van der Waals surface area contributed by atoms with Crippen LogP contribution in [0.4, 0.5) is 17.3 Å². The number of nitrogens with zero attached hydrogens (tertiary/aromatic N) is 5. The van der Waals surface area contributed by atoms with Crippen molar-refractivity contribution in [3.63, 3.8) is 0 Å². The molecule has 0 spiro atoms. The van der Waals surface area contributed by atoms with Crippen molar-refractivity contribution >= 4 is 46.5 Å². The molecule has 3 heterocycles. The van der Waals surface area contributed by atoms with E-state index in [1.165, 1.54) is 6.08 Å². The lowest BCUT2D eigenvalue weighted by atomic mass is 10.1. The standard InChI is InChI=1S/C29H30N6O2.ClH/c1-6-28(36)35-20(12-14-33(2)3)15-19-16-27(37-5)24(17-26(19)35)32-29-30-13-11-23(31-29)22-18-34(4)25-10-8-7-9-21(22)25;/h6-13,16-18H,1,14-15H2,2-5H3,(H,30,31,32);1H/b20-12+;. The SMILES string of the molecule is C=CC(=O)N1/C(=C/CN(C)C)Cc2cc(OC)c(Nc3nccc(-c4cn(C)c5ccccc45)n3)cc21.Cl. The molecule has 1 aliphatic heterocycles. The molecule has 196 valence electrons. The Kier molecular flexibility index (Phi) is 7.85. The Morgan fingerprint density at radius 3 is 2.76 bits per heavy atom. The first-order chi connectivity index (χ1) is 17.9. The largest absolute Gasteiger partial charge is 0.495 e. The number of fused-ring (bicyclic) bond motifs is 2. The summed E-state index contributed by atoms with van der Waals surface area (Å²) < 4.78 is 7.79. The Balaban J connectivity index is 0.00000336. The number of allylic oxidation sites excluding steroid dienone is 1. The maximum atomic E-state index is 12.8. The minimum atomic E-state index is -0.172. The highest BCUT2D eigenvalue weighted by atomic mass is 35.5. The predicted octanol–water partition coefficient (Wildman–Crippen LogP) is 5.33. The van der Waals surface area contributed by atoms with E-state index in [0.717, 1.165) is 45.7 Å². The molecular weight excluding hydrogens is 500 g/mol. The van der Waals surface area contributed by atoms with Crippen LogP contribution in [-0.2, 0) is 18.3 Å². The summed E-state index contributed by atoms with van der Waals surface area (Å²) in [5.74, 6) is 0.915. The van der Waals surface area contributed by atoms with Crippen molar-refractivity contribution in [2.75, 3.05) is 38.0 Å². The van der Waals surface area contributed by atoms with Crippen molar-refractivity contribution in [3.8, 4) is 17.0 Å². The van der Waals surface area contributed by atoms with E-state index < -0.39 is 0 Å². The number of methoxy groups -OCH3 is 1. The number of rotatable bonds is 7. The molecule has 38 heavy (non-hydrogen) atoms. The molecule has 1 aliphatic rings. The molecule has 2 aromatic heterocycles. The predicted molar refractivity (Wildman–Crippen MR) is 155 cm³/mol. The van der Waals surface area contributed by atoms with Gasteiger partial charge in [0.15, 0.2) is 0 Å². The Morgan fingerprint density at radius 1 is 1.24 bits per heavy atom. The van der Waals surface area contributed by atoms with Crippen LogP contribution in [0.3, 0.4) is 0 Å². The molecule has 9 heteroatoms. The van der Waals surface area contributed by atoms with Crippen LogP contribution in [0.15, 0.2) is 79.3 Å². The lowest BCUT2D eigenvalue weighted by molar-refractivity contribution is -0.113. The topological polar surface area (TPSA) is 75.5 Å². The van der Waals surface area contributed by atoms with Crippen LogP contribution in [0.5, 0.6) is 5.75 Å². The number of carbonyl (C=O) groups excluding carboxylic acids is 1.